The van der Waals surface area contributed by atoms with Gasteiger partial charge < -0.3 is 19.7 Å². The maximum Gasteiger partial charge on any atom is 0.319 e. The van der Waals surface area contributed by atoms with Gasteiger partial charge in [0.2, 0.25) is 5.91 Å². The Morgan fingerprint density at radius 1 is 1.25 bits per heavy atom. The van der Waals surface area contributed by atoms with Gasteiger partial charge in [0.15, 0.2) is 0 Å². The van der Waals surface area contributed by atoms with Crippen LogP contribution in [0.2, 0.25) is 0 Å². The number of carbonyl (C=O) groups is 2. The first-order valence-corrected chi connectivity index (χ1v) is 9.30. The highest BCUT2D eigenvalue weighted by atomic mass is 16.2. The molecule has 9 heteroatoms. The van der Waals surface area contributed by atoms with Crippen LogP contribution in [-0.2, 0) is 31.0 Å². The fraction of sp³-hybridized carbons (Fsp3) is 0.474. The van der Waals surface area contributed by atoms with E-state index in [4.69, 9.17) is 0 Å². The molecule has 1 N–H and O–H groups in total. The third-order valence-electron chi connectivity index (χ3n) is 4.80. The summed E-state index contributed by atoms with van der Waals surface area (Å²) in [7, 11) is 3.47. The van der Waals surface area contributed by atoms with Gasteiger partial charge in [0.05, 0.1) is 31.0 Å². The van der Waals surface area contributed by atoms with Gasteiger partial charge in [0.25, 0.3) is 5.56 Å². The third kappa shape index (κ3) is 4.41. The van der Waals surface area contributed by atoms with Crippen LogP contribution in [0.3, 0.4) is 0 Å². The lowest BCUT2D eigenvalue weighted by atomic mass is 10.3. The minimum atomic E-state index is -0.134. The predicted octanol–water partition coefficient (Wildman–Crippen LogP) is 0.557. The molecular weight excluding hydrogens is 360 g/mol. The molecule has 0 unspecified atom stereocenters. The Balaban J connectivity index is 1.53. The number of nitrogens with zero attached hydrogens (tertiary/aromatic N) is 5. The summed E-state index contributed by atoms with van der Waals surface area (Å²) in [4.78, 5) is 39.4. The number of nitrogens with one attached hydrogen (secondary N) is 1. The molecule has 3 rings (SSSR count). The van der Waals surface area contributed by atoms with Crippen LogP contribution < -0.4 is 10.9 Å². The molecule has 150 valence electrons. The molecule has 0 bridgehead atoms. The molecule has 2 aromatic heterocycles. The third-order valence-corrected chi connectivity index (χ3v) is 4.80. The number of hydrogen-bond donors (Lipinski definition) is 1. The van der Waals surface area contributed by atoms with Crippen LogP contribution in [0, 0.1) is 6.92 Å². The van der Waals surface area contributed by atoms with Crippen molar-refractivity contribution in [3.63, 3.8) is 0 Å². The fourth-order valence-corrected chi connectivity index (χ4v) is 3.26. The predicted molar refractivity (Wildman–Crippen MR) is 104 cm³/mol. The van der Waals surface area contributed by atoms with E-state index in [-0.39, 0.29) is 23.9 Å². The van der Waals surface area contributed by atoms with Crippen LogP contribution >= 0.6 is 0 Å². The highest BCUT2D eigenvalue weighted by Gasteiger charge is 2.23. The van der Waals surface area contributed by atoms with Crippen LogP contribution in [0.1, 0.15) is 23.5 Å². The van der Waals surface area contributed by atoms with Gasteiger partial charge in [-0.25, -0.2) is 4.79 Å². The molecule has 0 aliphatic carbocycles. The van der Waals surface area contributed by atoms with Crippen LogP contribution in [-0.4, -0.2) is 56.7 Å². The van der Waals surface area contributed by atoms with Crippen molar-refractivity contribution in [2.75, 3.05) is 20.6 Å². The average molecular weight is 386 g/mol. The molecule has 0 aromatic carbocycles. The molecule has 2 aromatic rings. The summed E-state index contributed by atoms with van der Waals surface area (Å²) in [5, 5.41) is 7.35. The minimum Gasteiger partial charge on any atom is -0.350 e. The lowest BCUT2D eigenvalue weighted by Gasteiger charge is -2.29. The van der Waals surface area contributed by atoms with E-state index in [9.17, 15) is 14.4 Å². The maximum absolute atomic E-state index is 12.2. The molecule has 0 radical (unpaired) electrons. The highest BCUT2D eigenvalue weighted by Crippen LogP contribution is 2.14. The number of fused-ring (bicyclic) bond motifs is 1. The number of amides is 3. The molecule has 0 saturated heterocycles. The second kappa shape index (κ2) is 8.28. The van der Waals surface area contributed by atoms with E-state index in [1.165, 1.54) is 6.07 Å². The van der Waals surface area contributed by atoms with E-state index in [0.29, 0.717) is 32.7 Å². The molecule has 1 aliphatic heterocycles. The van der Waals surface area contributed by atoms with Gasteiger partial charge in [0.1, 0.15) is 0 Å². The number of aromatic nitrogens is 3. The van der Waals surface area contributed by atoms with Gasteiger partial charge in [-0.15, -0.1) is 0 Å². The van der Waals surface area contributed by atoms with Gasteiger partial charge in [-0.2, -0.15) is 5.10 Å². The maximum atomic E-state index is 12.2. The van der Waals surface area contributed by atoms with E-state index < -0.39 is 0 Å². The number of carbonyl (C=O) groups excluding carboxylic acids is 2. The molecule has 9 nitrogen and oxygen atoms in total. The zero-order chi connectivity index (χ0) is 20.3. The average Bonchev–Trinajstić information content (AvgIpc) is 3.07. The van der Waals surface area contributed by atoms with Crippen molar-refractivity contribution in [3.8, 4) is 0 Å². The Morgan fingerprint density at radius 3 is 2.75 bits per heavy atom. The summed E-state index contributed by atoms with van der Waals surface area (Å²) in [6.07, 6.45) is 0.226. The van der Waals surface area contributed by atoms with Crippen LogP contribution in [0.4, 0.5) is 4.79 Å². The van der Waals surface area contributed by atoms with E-state index >= 15 is 0 Å². The van der Waals surface area contributed by atoms with Crippen molar-refractivity contribution in [1.82, 2.24) is 29.5 Å². The largest absolute Gasteiger partial charge is 0.350 e. The lowest BCUT2D eigenvalue weighted by molar-refractivity contribution is -0.121. The van der Waals surface area contributed by atoms with Crippen LogP contribution in [0.25, 0.3) is 0 Å². The molecular formula is C19H26N6O3. The zero-order valence-electron chi connectivity index (χ0n) is 16.5. The Morgan fingerprint density at radius 2 is 2.04 bits per heavy atom. The quantitative estimate of drug-likeness (QED) is 0.813. The normalized spacial score (nSPS) is 13.2. The number of aryl methyl sites for hydroxylation is 1. The fourth-order valence-electron chi connectivity index (χ4n) is 3.26. The number of urea groups is 1. The first-order chi connectivity index (χ1) is 13.3. The van der Waals surface area contributed by atoms with Gasteiger partial charge >= 0.3 is 6.03 Å². The SMILES string of the molecule is Cc1cccc(=O)n1CCC(=O)NCc1cc2n(n1)CCN(C(=O)N(C)C)C2. The Labute approximate surface area is 163 Å². The highest BCUT2D eigenvalue weighted by molar-refractivity contribution is 5.75. The monoisotopic (exact) mass is 386 g/mol. The Hall–Kier alpha value is -3.10. The topological polar surface area (TPSA) is 92.5 Å². The second-order valence-electron chi connectivity index (χ2n) is 7.13. The van der Waals surface area contributed by atoms with Crippen molar-refractivity contribution in [1.29, 1.82) is 0 Å². The number of pyridine rings is 1. The van der Waals surface area contributed by atoms with Gasteiger partial charge in [-0.1, -0.05) is 6.07 Å². The van der Waals surface area contributed by atoms with Crippen molar-refractivity contribution in [2.45, 2.75) is 39.5 Å². The summed E-state index contributed by atoms with van der Waals surface area (Å²) in [5.74, 6) is -0.134. The zero-order valence-corrected chi connectivity index (χ0v) is 16.5. The van der Waals surface area contributed by atoms with E-state index in [0.717, 1.165) is 17.1 Å². The van der Waals surface area contributed by atoms with Gasteiger partial charge in [-0.3, -0.25) is 14.3 Å². The molecule has 28 heavy (non-hydrogen) atoms. The molecule has 3 heterocycles. The van der Waals surface area contributed by atoms with Crippen molar-refractivity contribution >= 4 is 11.9 Å². The number of hydrogen-bond acceptors (Lipinski definition) is 4. The van der Waals surface area contributed by atoms with E-state index in [1.54, 1.807) is 34.5 Å². The standard InChI is InChI=1S/C19H26N6O3/c1-14-5-4-6-18(27)24(14)8-7-17(26)20-12-15-11-16-13-23(19(28)22(2)3)9-10-25(16)21-15/h4-6,11H,7-10,12-13H2,1-3H3,(H,20,26). The van der Waals surface area contributed by atoms with Crippen molar-refractivity contribution < 1.29 is 9.59 Å². The summed E-state index contributed by atoms with van der Waals surface area (Å²) < 4.78 is 3.47. The molecule has 3 amide bonds. The van der Waals surface area contributed by atoms with Crippen LogP contribution in [0.15, 0.2) is 29.1 Å². The Kier molecular flexibility index (Phi) is 5.81. The molecule has 0 spiro atoms. The molecule has 0 atom stereocenters. The first-order valence-electron chi connectivity index (χ1n) is 9.30. The number of rotatable bonds is 5. The second-order valence-corrected chi connectivity index (χ2v) is 7.13. The Bertz CT molecular complexity index is 930. The molecule has 1 aliphatic rings. The molecule has 0 saturated carbocycles. The summed E-state index contributed by atoms with van der Waals surface area (Å²) >= 11 is 0. The first kappa shape index (κ1) is 19.7. The van der Waals surface area contributed by atoms with Gasteiger partial charge in [0, 0.05) is 45.4 Å². The lowest BCUT2D eigenvalue weighted by Crippen LogP contribution is -2.43. The van der Waals surface area contributed by atoms with E-state index in [1.807, 2.05) is 23.7 Å². The van der Waals surface area contributed by atoms with Crippen LogP contribution in [0.5, 0.6) is 0 Å². The summed E-state index contributed by atoms with van der Waals surface area (Å²) in [6, 6.07) is 6.95. The van der Waals surface area contributed by atoms with Gasteiger partial charge in [-0.05, 0) is 19.1 Å². The van der Waals surface area contributed by atoms with Crippen molar-refractivity contribution in [2.24, 2.45) is 0 Å². The minimum absolute atomic E-state index is 0.0197. The smallest absolute Gasteiger partial charge is 0.319 e. The van der Waals surface area contributed by atoms with Crippen molar-refractivity contribution in [3.05, 3.63) is 51.7 Å². The summed E-state index contributed by atoms with van der Waals surface area (Å²) in [5.41, 5.74) is 2.44. The summed E-state index contributed by atoms with van der Waals surface area (Å²) in [6.45, 7) is 4.27. The van der Waals surface area contributed by atoms with E-state index in [2.05, 4.69) is 10.4 Å². The molecule has 0 fully saturated rings.